The fraction of sp³-hybridized carbons (Fsp3) is 0.389. The van der Waals surface area contributed by atoms with Crippen LogP contribution in [0.1, 0.15) is 34.2 Å². The van der Waals surface area contributed by atoms with Gasteiger partial charge in [0.25, 0.3) is 0 Å². The van der Waals surface area contributed by atoms with Gasteiger partial charge in [-0.2, -0.15) is 5.10 Å². The van der Waals surface area contributed by atoms with Crippen molar-refractivity contribution < 1.29 is 17.9 Å². The standard InChI is InChI=1S/C18H22ClFN4O3S/c1-10-13-8-11-4-5-14(28(26,27)23(2)3)16(19)15(11)18(25)17(13)24(22-10)9-12(20)6-7-21/h4-6,18,25H,7-9,21H2,1-3H3/b12-6-/t18-/m0/s1. The number of aliphatic hydroxyl groups is 1. The summed E-state index contributed by atoms with van der Waals surface area (Å²) in [6, 6.07) is 3.09. The number of nitrogens with two attached hydrogens (primary N) is 1. The third kappa shape index (κ3) is 3.37. The van der Waals surface area contributed by atoms with Crippen molar-refractivity contribution in [3.63, 3.8) is 0 Å². The molecule has 2 aromatic rings. The molecule has 0 radical (unpaired) electrons. The number of aliphatic hydroxyl groups excluding tert-OH is 1. The van der Waals surface area contributed by atoms with Crippen LogP contribution in [0, 0.1) is 6.92 Å². The number of nitrogens with zero attached hydrogens (tertiary/aromatic N) is 3. The van der Waals surface area contributed by atoms with Gasteiger partial charge in [0.15, 0.2) is 0 Å². The molecule has 1 aliphatic rings. The summed E-state index contributed by atoms with van der Waals surface area (Å²) in [5.74, 6) is -0.471. The minimum Gasteiger partial charge on any atom is -0.382 e. The van der Waals surface area contributed by atoms with E-state index >= 15 is 0 Å². The highest BCUT2D eigenvalue weighted by molar-refractivity contribution is 7.89. The zero-order valence-corrected chi connectivity index (χ0v) is 17.4. The largest absolute Gasteiger partial charge is 0.382 e. The van der Waals surface area contributed by atoms with E-state index in [0.717, 1.165) is 9.87 Å². The highest BCUT2D eigenvalue weighted by Gasteiger charge is 2.34. The van der Waals surface area contributed by atoms with Gasteiger partial charge in [0.2, 0.25) is 10.0 Å². The molecule has 1 heterocycles. The van der Waals surface area contributed by atoms with Crippen LogP contribution in [0.4, 0.5) is 4.39 Å². The second kappa shape index (κ2) is 7.57. The number of halogens is 2. The zero-order chi connectivity index (χ0) is 20.8. The molecule has 152 valence electrons. The number of hydrogen-bond acceptors (Lipinski definition) is 5. The van der Waals surface area contributed by atoms with Crippen LogP contribution in [0.2, 0.25) is 5.02 Å². The fourth-order valence-corrected chi connectivity index (χ4v) is 4.95. The molecule has 0 aliphatic heterocycles. The lowest BCUT2D eigenvalue weighted by Gasteiger charge is -2.26. The summed E-state index contributed by atoms with van der Waals surface area (Å²) in [6.07, 6.45) is 0.425. The van der Waals surface area contributed by atoms with Crippen molar-refractivity contribution in [3.8, 4) is 0 Å². The molecule has 0 bridgehead atoms. The van der Waals surface area contributed by atoms with Crippen molar-refractivity contribution in [2.24, 2.45) is 5.73 Å². The lowest BCUT2D eigenvalue weighted by atomic mass is 9.87. The van der Waals surface area contributed by atoms with Gasteiger partial charge in [-0.05, 0) is 24.6 Å². The maximum atomic E-state index is 14.0. The molecule has 1 aliphatic carbocycles. The Bertz CT molecular complexity index is 1060. The van der Waals surface area contributed by atoms with E-state index in [1.165, 1.54) is 30.9 Å². The highest BCUT2D eigenvalue weighted by atomic mass is 35.5. The van der Waals surface area contributed by atoms with E-state index in [2.05, 4.69) is 5.10 Å². The molecule has 0 fully saturated rings. The average Bonchev–Trinajstić information content (AvgIpc) is 2.90. The molecule has 10 heteroatoms. The first-order chi connectivity index (χ1) is 13.1. The fourth-order valence-electron chi connectivity index (χ4n) is 3.40. The molecule has 0 amide bonds. The molecule has 0 saturated carbocycles. The van der Waals surface area contributed by atoms with Crippen molar-refractivity contribution in [1.29, 1.82) is 0 Å². The quantitative estimate of drug-likeness (QED) is 0.757. The number of aromatic nitrogens is 2. The van der Waals surface area contributed by atoms with Crippen molar-refractivity contribution in [2.75, 3.05) is 20.6 Å². The Kier molecular flexibility index (Phi) is 5.66. The van der Waals surface area contributed by atoms with Crippen LogP contribution in [0.3, 0.4) is 0 Å². The van der Waals surface area contributed by atoms with Gasteiger partial charge in [-0.15, -0.1) is 0 Å². The first-order valence-corrected chi connectivity index (χ1v) is 10.4. The van der Waals surface area contributed by atoms with E-state index in [-0.39, 0.29) is 23.0 Å². The van der Waals surface area contributed by atoms with Crippen molar-refractivity contribution in [2.45, 2.75) is 30.9 Å². The molecule has 1 aromatic carbocycles. The maximum absolute atomic E-state index is 14.0. The predicted octanol–water partition coefficient (Wildman–Crippen LogP) is 1.89. The van der Waals surface area contributed by atoms with Gasteiger partial charge in [0.1, 0.15) is 16.8 Å². The molecule has 0 unspecified atom stereocenters. The Balaban J connectivity index is 2.15. The first kappa shape index (κ1) is 20.9. The van der Waals surface area contributed by atoms with E-state index in [0.29, 0.717) is 28.9 Å². The van der Waals surface area contributed by atoms with E-state index < -0.39 is 22.0 Å². The second-order valence-corrected chi connectivity index (χ2v) is 9.31. The maximum Gasteiger partial charge on any atom is 0.244 e. The third-order valence-electron chi connectivity index (χ3n) is 4.83. The molecule has 1 atom stereocenters. The van der Waals surface area contributed by atoms with Crippen LogP contribution in [0.5, 0.6) is 0 Å². The Morgan fingerprint density at radius 1 is 1.50 bits per heavy atom. The Morgan fingerprint density at radius 2 is 2.18 bits per heavy atom. The summed E-state index contributed by atoms with van der Waals surface area (Å²) in [5, 5.41) is 15.3. The van der Waals surface area contributed by atoms with Crippen LogP contribution in [-0.2, 0) is 23.0 Å². The first-order valence-electron chi connectivity index (χ1n) is 8.62. The molecule has 7 nitrogen and oxygen atoms in total. The monoisotopic (exact) mass is 428 g/mol. The summed E-state index contributed by atoms with van der Waals surface area (Å²) in [7, 11) is -0.974. The van der Waals surface area contributed by atoms with Gasteiger partial charge < -0.3 is 10.8 Å². The van der Waals surface area contributed by atoms with Crippen LogP contribution < -0.4 is 5.73 Å². The number of fused-ring (bicyclic) bond motifs is 2. The molecule has 0 spiro atoms. The third-order valence-corrected chi connectivity index (χ3v) is 7.20. The minimum atomic E-state index is -3.79. The van der Waals surface area contributed by atoms with Gasteiger partial charge in [0.05, 0.1) is 23.0 Å². The summed E-state index contributed by atoms with van der Waals surface area (Å²) < 4.78 is 41.5. The van der Waals surface area contributed by atoms with E-state index in [1.54, 1.807) is 13.0 Å². The SMILES string of the molecule is Cc1nn(C/C(F)=C/CN)c2c1Cc1ccc(S(=O)(=O)N(C)C)c(Cl)c1[C@@H]2O. The van der Waals surface area contributed by atoms with E-state index in [9.17, 15) is 17.9 Å². The van der Waals surface area contributed by atoms with Crippen LogP contribution >= 0.6 is 11.6 Å². The van der Waals surface area contributed by atoms with Gasteiger partial charge in [-0.1, -0.05) is 17.7 Å². The van der Waals surface area contributed by atoms with Crippen molar-refractivity contribution in [3.05, 3.63) is 57.1 Å². The normalized spacial score (nSPS) is 17.0. The van der Waals surface area contributed by atoms with E-state index in [1.807, 2.05) is 0 Å². The van der Waals surface area contributed by atoms with Crippen LogP contribution in [0.15, 0.2) is 28.9 Å². The number of sulfonamides is 1. The van der Waals surface area contributed by atoms with E-state index in [4.69, 9.17) is 17.3 Å². The van der Waals surface area contributed by atoms with Crippen LogP contribution in [0.25, 0.3) is 0 Å². The lowest BCUT2D eigenvalue weighted by molar-refractivity contribution is 0.202. The average molecular weight is 429 g/mol. The number of rotatable bonds is 5. The van der Waals surface area contributed by atoms with Gasteiger partial charge >= 0.3 is 0 Å². The predicted molar refractivity (Wildman–Crippen MR) is 104 cm³/mol. The van der Waals surface area contributed by atoms with Gasteiger partial charge in [-0.3, -0.25) is 4.68 Å². The second-order valence-electron chi connectivity index (χ2n) is 6.81. The molecule has 3 N–H and O–H groups in total. The summed E-state index contributed by atoms with van der Waals surface area (Å²) >= 11 is 6.43. The van der Waals surface area contributed by atoms with Crippen molar-refractivity contribution in [1.82, 2.24) is 14.1 Å². The Morgan fingerprint density at radius 3 is 2.79 bits per heavy atom. The summed E-state index contributed by atoms with van der Waals surface area (Å²) in [6.45, 7) is 1.66. The lowest BCUT2D eigenvalue weighted by Crippen LogP contribution is -2.24. The highest BCUT2D eigenvalue weighted by Crippen LogP contribution is 2.42. The zero-order valence-electron chi connectivity index (χ0n) is 15.8. The molecule has 1 aromatic heterocycles. The summed E-state index contributed by atoms with van der Waals surface area (Å²) in [5.41, 5.74) is 8.22. The molecule has 3 rings (SSSR count). The number of benzene rings is 1. The summed E-state index contributed by atoms with van der Waals surface area (Å²) in [4.78, 5) is -0.0857. The topological polar surface area (TPSA) is 101 Å². The smallest absolute Gasteiger partial charge is 0.244 e. The molecular weight excluding hydrogens is 407 g/mol. The minimum absolute atomic E-state index is 0.0345. The Hall–Kier alpha value is -1.78. The van der Waals surface area contributed by atoms with Gasteiger partial charge in [0, 0.05) is 38.2 Å². The molecule has 0 saturated heterocycles. The number of hydrogen-bond donors (Lipinski definition) is 2. The van der Waals surface area contributed by atoms with Gasteiger partial charge in [-0.25, -0.2) is 17.1 Å². The van der Waals surface area contributed by atoms with Crippen molar-refractivity contribution >= 4 is 21.6 Å². The Labute approximate surface area is 168 Å². The molecule has 28 heavy (non-hydrogen) atoms. The van der Waals surface area contributed by atoms with Crippen LogP contribution in [-0.4, -0.2) is 48.3 Å². The molecular formula is C18H22ClFN4O3S. The number of aryl methyl sites for hydroxylation is 1. The number of allylic oxidation sites excluding steroid dienone is 1.